The van der Waals surface area contributed by atoms with Crippen LogP contribution in [-0.4, -0.2) is 17.5 Å². The Kier molecular flexibility index (Phi) is 4.68. The second-order valence-corrected chi connectivity index (χ2v) is 5.84. The first-order chi connectivity index (χ1) is 11.3. The average Bonchev–Trinajstić information content (AvgIpc) is 3.05. The number of benzene rings is 2. The van der Waals surface area contributed by atoms with Gasteiger partial charge in [-0.25, -0.2) is 4.98 Å². The Hall–Kier alpha value is -2.66. The molecule has 23 heavy (non-hydrogen) atoms. The molecule has 5 heteroatoms. The summed E-state index contributed by atoms with van der Waals surface area (Å²) in [5, 5.41) is 3.41. The Labute approximate surface area is 138 Å². The molecule has 116 valence electrons. The minimum atomic E-state index is -0.194. The van der Waals surface area contributed by atoms with Crippen molar-refractivity contribution in [2.45, 2.75) is 6.92 Å². The highest BCUT2D eigenvalue weighted by Crippen LogP contribution is 2.29. The van der Waals surface area contributed by atoms with Gasteiger partial charge in [-0.1, -0.05) is 47.7 Å². The van der Waals surface area contributed by atoms with Gasteiger partial charge in [0.2, 0.25) is 0 Å². The second-order valence-electron chi connectivity index (χ2n) is 4.81. The van der Waals surface area contributed by atoms with Crippen LogP contribution >= 0.6 is 11.3 Å². The number of nitrogens with zero attached hydrogens (tertiary/aromatic N) is 1. The molecule has 0 spiro atoms. The van der Waals surface area contributed by atoms with Gasteiger partial charge in [0.05, 0.1) is 11.5 Å². The van der Waals surface area contributed by atoms with Crippen LogP contribution in [0.3, 0.4) is 0 Å². The van der Waals surface area contributed by atoms with Crippen molar-refractivity contribution >= 4 is 22.4 Å². The molecule has 1 amide bonds. The normalized spacial score (nSPS) is 10.3. The minimum absolute atomic E-state index is 0.194. The maximum atomic E-state index is 12.3. The van der Waals surface area contributed by atoms with E-state index in [1.807, 2.05) is 43.3 Å². The van der Waals surface area contributed by atoms with Crippen LogP contribution in [0.4, 0.5) is 5.13 Å². The van der Waals surface area contributed by atoms with Crippen molar-refractivity contribution in [3.05, 3.63) is 66.4 Å². The zero-order valence-corrected chi connectivity index (χ0v) is 13.5. The van der Waals surface area contributed by atoms with Gasteiger partial charge >= 0.3 is 0 Å². The van der Waals surface area contributed by atoms with Crippen molar-refractivity contribution < 1.29 is 9.53 Å². The molecule has 0 fully saturated rings. The zero-order chi connectivity index (χ0) is 16.1. The number of ether oxygens (including phenoxy) is 1. The summed E-state index contributed by atoms with van der Waals surface area (Å²) in [5.74, 6) is 0.491. The molecule has 2 aromatic carbocycles. The van der Waals surface area contributed by atoms with E-state index >= 15 is 0 Å². The van der Waals surface area contributed by atoms with Crippen LogP contribution in [0.5, 0.6) is 5.75 Å². The summed E-state index contributed by atoms with van der Waals surface area (Å²) in [7, 11) is 0. The number of nitrogens with one attached hydrogen (secondary N) is 1. The Morgan fingerprint density at radius 1 is 1.17 bits per heavy atom. The van der Waals surface area contributed by atoms with Crippen molar-refractivity contribution in [2.24, 2.45) is 0 Å². The third-order valence-electron chi connectivity index (χ3n) is 3.19. The number of anilines is 1. The molecule has 1 heterocycles. The lowest BCUT2D eigenvalue weighted by atomic mass is 10.2. The topological polar surface area (TPSA) is 51.2 Å². The van der Waals surface area contributed by atoms with Gasteiger partial charge in [-0.15, -0.1) is 0 Å². The quantitative estimate of drug-likeness (QED) is 0.754. The van der Waals surface area contributed by atoms with Gasteiger partial charge in [-0.05, 0) is 30.7 Å². The SMILES string of the molecule is CCOc1cccc(C(=O)Nc2ncc(-c3ccccc3)s2)c1. The molecule has 3 aromatic rings. The number of thiazole rings is 1. The number of carbonyl (C=O) groups is 1. The molecular formula is C18H16N2O2S. The number of aromatic nitrogens is 1. The van der Waals surface area contributed by atoms with Crippen LogP contribution in [0, 0.1) is 0 Å². The number of hydrogen-bond acceptors (Lipinski definition) is 4. The number of hydrogen-bond donors (Lipinski definition) is 1. The smallest absolute Gasteiger partial charge is 0.257 e. The maximum absolute atomic E-state index is 12.3. The summed E-state index contributed by atoms with van der Waals surface area (Å²) >= 11 is 1.45. The van der Waals surface area contributed by atoms with Gasteiger partial charge in [-0.3, -0.25) is 10.1 Å². The summed E-state index contributed by atoms with van der Waals surface area (Å²) in [6.45, 7) is 2.48. The van der Waals surface area contributed by atoms with E-state index in [4.69, 9.17) is 4.74 Å². The summed E-state index contributed by atoms with van der Waals surface area (Å²) in [5.41, 5.74) is 1.64. The van der Waals surface area contributed by atoms with Gasteiger partial charge in [0.25, 0.3) is 5.91 Å². The molecule has 0 bridgehead atoms. The molecule has 0 saturated carbocycles. The van der Waals surface area contributed by atoms with E-state index in [9.17, 15) is 4.79 Å². The summed E-state index contributed by atoms with van der Waals surface area (Å²) in [4.78, 5) is 17.6. The van der Waals surface area contributed by atoms with E-state index in [1.54, 1.807) is 24.4 Å². The Morgan fingerprint density at radius 3 is 2.78 bits per heavy atom. The second kappa shape index (κ2) is 7.07. The fraction of sp³-hybridized carbons (Fsp3) is 0.111. The molecular weight excluding hydrogens is 308 g/mol. The van der Waals surface area contributed by atoms with E-state index in [1.165, 1.54) is 11.3 Å². The van der Waals surface area contributed by atoms with Gasteiger partial charge in [0.1, 0.15) is 5.75 Å². The van der Waals surface area contributed by atoms with Gasteiger partial charge in [0.15, 0.2) is 5.13 Å². The lowest BCUT2D eigenvalue weighted by molar-refractivity contribution is 0.102. The minimum Gasteiger partial charge on any atom is -0.494 e. The Balaban J connectivity index is 1.73. The Morgan fingerprint density at radius 2 is 2.00 bits per heavy atom. The molecule has 0 radical (unpaired) electrons. The monoisotopic (exact) mass is 324 g/mol. The van der Waals surface area contributed by atoms with Crippen molar-refractivity contribution in [1.82, 2.24) is 4.98 Å². The molecule has 0 unspecified atom stereocenters. The molecule has 0 aliphatic rings. The zero-order valence-electron chi connectivity index (χ0n) is 12.7. The van der Waals surface area contributed by atoms with Gasteiger partial charge in [-0.2, -0.15) is 0 Å². The molecule has 0 saturated heterocycles. The van der Waals surface area contributed by atoms with E-state index in [0.717, 1.165) is 10.4 Å². The first-order valence-corrected chi connectivity index (χ1v) is 8.13. The van der Waals surface area contributed by atoms with Crippen LogP contribution in [0.1, 0.15) is 17.3 Å². The lowest BCUT2D eigenvalue weighted by Crippen LogP contribution is -2.11. The molecule has 1 N–H and O–H groups in total. The molecule has 4 nitrogen and oxygen atoms in total. The van der Waals surface area contributed by atoms with E-state index < -0.39 is 0 Å². The van der Waals surface area contributed by atoms with Crippen molar-refractivity contribution in [2.75, 3.05) is 11.9 Å². The predicted molar refractivity (Wildman–Crippen MR) is 93.1 cm³/mol. The van der Waals surface area contributed by atoms with Crippen molar-refractivity contribution in [1.29, 1.82) is 0 Å². The van der Waals surface area contributed by atoms with Crippen molar-refractivity contribution in [3.63, 3.8) is 0 Å². The summed E-state index contributed by atoms with van der Waals surface area (Å²) < 4.78 is 5.42. The molecule has 0 aliphatic heterocycles. The van der Waals surface area contributed by atoms with Crippen LogP contribution in [0.25, 0.3) is 10.4 Å². The molecule has 1 aromatic heterocycles. The predicted octanol–water partition coefficient (Wildman–Crippen LogP) is 4.46. The van der Waals surface area contributed by atoms with E-state index in [-0.39, 0.29) is 5.91 Å². The third kappa shape index (κ3) is 3.76. The largest absolute Gasteiger partial charge is 0.494 e. The van der Waals surface area contributed by atoms with E-state index in [0.29, 0.717) is 23.1 Å². The molecule has 0 aliphatic carbocycles. The van der Waals surface area contributed by atoms with Gasteiger partial charge < -0.3 is 4.74 Å². The van der Waals surface area contributed by atoms with Crippen molar-refractivity contribution in [3.8, 4) is 16.2 Å². The fourth-order valence-electron chi connectivity index (χ4n) is 2.13. The molecule has 3 rings (SSSR count). The van der Waals surface area contributed by atoms with E-state index in [2.05, 4.69) is 10.3 Å². The standard InChI is InChI=1S/C18H16N2O2S/c1-2-22-15-10-6-9-14(11-15)17(21)20-18-19-12-16(23-18)13-7-4-3-5-8-13/h3-12H,2H2,1H3,(H,19,20,21). The number of rotatable bonds is 5. The Bertz CT molecular complexity index is 800. The average molecular weight is 324 g/mol. The highest BCUT2D eigenvalue weighted by Gasteiger charge is 2.10. The van der Waals surface area contributed by atoms with Gasteiger partial charge in [0, 0.05) is 11.8 Å². The summed E-state index contributed by atoms with van der Waals surface area (Å²) in [6.07, 6.45) is 1.77. The number of amides is 1. The van der Waals surface area contributed by atoms with Crippen LogP contribution < -0.4 is 10.1 Å². The first kappa shape index (κ1) is 15.2. The highest BCUT2D eigenvalue weighted by molar-refractivity contribution is 7.19. The fourth-order valence-corrected chi connectivity index (χ4v) is 2.95. The highest BCUT2D eigenvalue weighted by atomic mass is 32.1. The third-order valence-corrected chi connectivity index (χ3v) is 4.15. The van der Waals surface area contributed by atoms with Crippen LogP contribution in [0.15, 0.2) is 60.8 Å². The summed E-state index contributed by atoms with van der Waals surface area (Å²) in [6, 6.07) is 17.1. The lowest BCUT2D eigenvalue weighted by Gasteiger charge is -2.05. The van der Waals surface area contributed by atoms with Crippen LogP contribution in [0.2, 0.25) is 0 Å². The maximum Gasteiger partial charge on any atom is 0.257 e. The first-order valence-electron chi connectivity index (χ1n) is 7.31. The van der Waals surface area contributed by atoms with Crippen LogP contribution in [-0.2, 0) is 0 Å². The number of carbonyl (C=O) groups excluding carboxylic acids is 1. The molecule has 0 atom stereocenters.